The van der Waals surface area contributed by atoms with Crippen LogP contribution in [0.2, 0.25) is 0 Å². The van der Waals surface area contributed by atoms with Crippen molar-refractivity contribution in [3.63, 3.8) is 0 Å². The van der Waals surface area contributed by atoms with Crippen molar-refractivity contribution in [1.82, 2.24) is 24.9 Å². The second kappa shape index (κ2) is 6.80. The van der Waals surface area contributed by atoms with Crippen LogP contribution in [-0.2, 0) is 19.6 Å². The molecule has 0 amide bonds. The summed E-state index contributed by atoms with van der Waals surface area (Å²) in [6.07, 6.45) is 1.04. The van der Waals surface area contributed by atoms with Gasteiger partial charge in [0.05, 0.1) is 11.9 Å². The fourth-order valence-electron chi connectivity index (χ4n) is 2.25. The fourth-order valence-corrected chi connectivity index (χ4v) is 2.25. The molecule has 2 aromatic heterocycles. The Labute approximate surface area is 123 Å². The lowest BCUT2D eigenvalue weighted by Crippen LogP contribution is -2.18. The van der Waals surface area contributed by atoms with Crippen molar-refractivity contribution in [2.45, 2.75) is 52.9 Å². The molecule has 0 atom stereocenters. The Hall–Kier alpha value is -1.76. The largest absolute Gasteiger partial charge is 0.307 e. The van der Waals surface area contributed by atoms with Gasteiger partial charge in [-0.05, 0) is 26.8 Å². The normalized spacial score (nSPS) is 11.8. The van der Waals surface area contributed by atoms with Crippen LogP contribution in [0, 0.1) is 6.92 Å². The highest BCUT2D eigenvalue weighted by molar-refractivity contribution is 5.16. The first kappa shape index (κ1) is 15.6. The Morgan fingerprint density at radius 2 is 2.00 bits per heavy atom. The highest BCUT2D eigenvalue weighted by Gasteiger charge is 2.11. The van der Waals surface area contributed by atoms with Gasteiger partial charge in [0.25, 0.3) is 6.43 Å². The predicted molar refractivity (Wildman–Crippen MR) is 76.1 cm³/mol. The first-order chi connectivity index (χ1) is 9.99. The zero-order valence-electron chi connectivity index (χ0n) is 12.6. The third kappa shape index (κ3) is 3.87. The Balaban J connectivity index is 1.92. The SMILES string of the molecule is Cc1c(CNCc2ccnn2C(C)C)cnn1CC(F)F. The van der Waals surface area contributed by atoms with E-state index in [0.29, 0.717) is 19.1 Å². The van der Waals surface area contributed by atoms with Crippen molar-refractivity contribution in [2.24, 2.45) is 0 Å². The number of nitrogens with zero attached hydrogens (tertiary/aromatic N) is 4. The van der Waals surface area contributed by atoms with E-state index < -0.39 is 6.43 Å². The summed E-state index contributed by atoms with van der Waals surface area (Å²) < 4.78 is 28.1. The van der Waals surface area contributed by atoms with Crippen LogP contribution in [0.5, 0.6) is 0 Å². The van der Waals surface area contributed by atoms with Crippen LogP contribution in [0.4, 0.5) is 8.78 Å². The van der Waals surface area contributed by atoms with Gasteiger partial charge in [0, 0.05) is 36.6 Å². The second-order valence-electron chi connectivity index (χ2n) is 5.29. The number of halogens is 2. The maximum Gasteiger partial charge on any atom is 0.257 e. The number of aromatic nitrogens is 4. The van der Waals surface area contributed by atoms with Crippen molar-refractivity contribution in [3.8, 4) is 0 Å². The fraction of sp³-hybridized carbons (Fsp3) is 0.571. The lowest BCUT2D eigenvalue weighted by molar-refractivity contribution is 0.121. The molecule has 5 nitrogen and oxygen atoms in total. The average Bonchev–Trinajstić information content (AvgIpc) is 2.99. The molecule has 0 bridgehead atoms. The van der Waals surface area contributed by atoms with Crippen LogP contribution in [0.15, 0.2) is 18.5 Å². The van der Waals surface area contributed by atoms with Gasteiger partial charge in [-0.1, -0.05) is 0 Å². The van der Waals surface area contributed by atoms with Gasteiger partial charge in [-0.15, -0.1) is 0 Å². The van der Waals surface area contributed by atoms with Gasteiger partial charge >= 0.3 is 0 Å². The van der Waals surface area contributed by atoms with Gasteiger partial charge in [-0.2, -0.15) is 10.2 Å². The minimum Gasteiger partial charge on any atom is -0.307 e. The maximum atomic E-state index is 12.4. The van der Waals surface area contributed by atoms with Crippen LogP contribution in [0.1, 0.15) is 36.8 Å². The number of hydrogen-bond donors (Lipinski definition) is 1. The van der Waals surface area contributed by atoms with Gasteiger partial charge in [0.15, 0.2) is 0 Å². The van der Waals surface area contributed by atoms with E-state index >= 15 is 0 Å². The summed E-state index contributed by atoms with van der Waals surface area (Å²) in [6, 6.07) is 2.28. The quantitative estimate of drug-likeness (QED) is 0.854. The van der Waals surface area contributed by atoms with E-state index in [2.05, 4.69) is 29.4 Å². The molecule has 21 heavy (non-hydrogen) atoms. The molecule has 7 heteroatoms. The first-order valence-electron chi connectivity index (χ1n) is 7.01. The van der Waals surface area contributed by atoms with Crippen molar-refractivity contribution < 1.29 is 8.78 Å². The molecule has 0 spiro atoms. The molecular formula is C14H21F2N5. The van der Waals surface area contributed by atoms with Crippen LogP contribution < -0.4 is 5.32 Å². The molecule has 2 aromatic rings. The van der Waals surface area contributed by atoms with E-state index in [1.165, 1.54) is 4.68 Å². The van der Waals surface area contributed by atoms with Crippen molar-refractivity contribution in [1.29, 1.82) is 0 Å². The van der Waals surface area contributed by atoms with E-state index in [0.717, 1.165) is 17.0 Å². The standard InChI is InChI=1S/C14H21F2N5/c1-10(2)21-13(4-5-18-21)8-17-6-12-7-19-20(11(12)3)9-14(15)16/h4-5,7,10,14,17H,6,8-9H2,1-3H3. The van der Waals surface area contributed by atoms with E-state index in [1.54, 1.807) is 12.4 Å². The summed E-state index contributed by atoms with van der Waals surface area (Å²) >= 11 is 0. The monoisotopic (exact) mass is 297 g/mol. The zero-order valence-corrected chi connectivity index (χ0v) is 12.6. The van der Waals surface area contributed by atoms with Crippen LogP contribution in [0.3, 0.4) is 0 Å². The van der Waals surface area contributed by atoms with Crippen LogP contribution in [0.25, 0.3) is 0 Å². The zero-order chi connectivity index (χ0) is 15.4. The lowest BCUT2D eigenvalue weighted by Gasteiger charge is -2.11. The van der Waals surface area contributed by atoms with Crippen molar-refractivity contribution in [2.75, 3.05) is 0 Å². The molecule has 116 valence electrons. The van der Waals surface area contributed by atoms with Gasteiger partial charge in [0.2, 0.25) is 0 Å². The van der Waals surface area contributed by atoms with E-state index in [4.69, 9.17) is 0 Å². The maximum absolute atomic E-state index is 12.4. The minimum absolute atomic E-state index is 0.312. The van der Waals surface area contributed by atoms with Crippen LogP contribution >= 0.6 is 0 Å². The van der Waals surface area contributed by atoms with Gasteiger partial charge in [0.1, 0.15) is 6.54 Å². The number of rotatable bonds is 7. The summed E-state index contributed by atoms with van der Waals surface area (Å²) in [6.45, 7) is 6.89. The number of hydrogen-bond acceptors (Lipinski definition) is 3. The molecule has 0 saturated carbocycles. The predicted octanol–water partition coefficient (Wildman–Crippen LogP) is 2.52. The summed E-state index contributed by atoms with van der Waals surface area (Å²) in [5, 5.41) is 11.6. The Morgan fingerprint density at radius 3 is 2.67 bits per heavy atom. The third-order valence-electron chi connectivity index (χ3n) is 3.38. The van der Waals surface area contributed by atoms with Crippen molar-refractivity contribution in [3.05, 3.63) is 35.4 Å². The van der Waals surface area contributed by atoms with Gasteiger partial charge < -0.3 is 5.32 Å². The third-order valence-corrected chi connectivity index (χ3v) is 3.38. The van der Waals surface area contributed by atoms with Crippen LogP contribution in [-0.4, -0.2) is 26.0 Å². The molecule has 1 N–H and O–H groups in total. The van der Waals surface area contributed by atoms with Gasteiger partial charge in [-0.3, -0.25) is 9.36 Å². The number of alkyl halides is 2. The molecule has 0 unspecified atom stereocenters. The Bertz CT molecular complexity index is 574. The molecule has 2 rings (SSSR count). The topological polar surface area (TPSA) is 47.7 Å². The van der Waals surface area contributed by atoms with Crippen molar-refractivity contribution >= 4 is 0 Å². The van der Waals surface area contributed by atoms with E-state index in [9.17, 15) is 8.78 Å². The Kier molecular flexibility index (Phi) is 5.06. The second-order valence-corrected chi connectivity index (χ2v) is 5.29. The molecule has 0 fully saturated rings. The summed E-state index contributed by atoms with van der Waals surface area (Å²) in [5.74, 6) is 0. The molecule has 2 heterocycles. The molecule has 0 aromatic carbocycles. The summed E-state index contributed by atoms with van der Waals surface area (Å²) in [5.41, 5.74) is 2.81. The highest BCUT2D eigenvalue weighted by Crippen LogP contribution is 2.11. The smallest absolute Gasteiger partial charge is 0.257 e. The molecule has 0 radical (unpaired) electrons. The Morgan fingerprint density at radius 1 is 1.24 bits per heavy atom. The highest BCUT2D eigenvalue weighted by atomic mass is 19.3. The molecule has 0 aliphatic carbocycles. The minimum atomic E-state index is -2.38. The number of nitrogens with one attached hydrogen (secondary N) is 1. The first-order valence-corrected chi connectivity index (χ1v) is 7.01. The molecule has 0 aliphatic rings. The lowest BCUT2D eigenvalue weighted by atomic mass is 10.2. The molecular weight excluding hydrogens is 276 g/mol. The molecule has 0 saturated heterocycles. The molecule has 0 aliphatic heterocycles. The van der Waals surface area contributed by atoms with Gasteiger partial charge in [-0.25, -0.2) is 8.78 Å². The summed E-state index contributed by atoms with van der Waals surface area (Å²) in [7, 11) is 0. The summed E-state index contributed by atoms with van der Waals surface area (Å²) in [4.78, 5) is 0. The average molecular weight is 297 g/mol. The van der Waals surface area contributed by atoms with E-state index in [1.807, 2.05) is 17.7 Å². The van der Waals surface area contributed by atoms with E-state index in [-0.39, 0.29) is 6.54 Å².